The summed E-state index contributed by atoms with van der Waals surface area (Å²) < 4.78 is 4.68. The van der Waals surface area contributed by atoms with Crippen molar-refractivity contribution >= 4 is 24.0 Å². The summed E-state index contributed by atoms with van der Waals surface area (Å²) in [7, 11) is 0. The highest BCUT2D eigenvalue weighted by atomic mass is 16.5. The number of carboxylic acid groups (broad SMARTS) is 1. The normalized spacial score (nSPS) is 10.2. The third kappa shape index (κ3) is 4.78. The van der Waals surface area contributed by atoms with Gasteiger partial charge in [-0.15, -0.1) is 0 Å². The van der Waals surface area contributed by atoms with Crippen LogP contribution in [-0.4, -0.2) is 28.8 Å². The summed E-state index contributed by atoms with van der Waals surface area (Å²) in [5.74, 6) is -0.738. The lowest BCUT2D eigenvalue weighted by molar-refractivity contribution is -0.131. The molecule has 1 amide bonds. The zero-order chi connectivity index (χ0) is 12.7. The van der Waals surface area contributed by atoms with Gasteiger partial charge in [0.2, 0.25) is 0 Å². The average Bonchev–Trinajstić information content (AvgIpc) is 2.27. The lowest BCUT2D eigenvalue weighted by Gasteiger charge is -2.04. The molecule has 0 atom stereocenters. The number of hydrogen-bond acceptors (Lipinski definition) is 4. The van der Waals surface area contributed by atoms with Gasteiger partial charge < -0.3 is 9.84 Å². The number of nitrogens with zero attached hydrogens (tertiary/aromatic N) is 1. The summed E-state index contributed by atoms with van der Waals surface area (Å²) in [5.41, 5.74) is 0.620. The number of hydrogen-bond donors (Lipinski definition) is 2. The van der Waals surface area contributed by atoms with Crippen molar-refractivity contribution in [3.63, 3.8) is 0 Å². The Balaban J connectivity index is 2.72. The average molecular weight is 236 g/mol. The molecule has 0 fully saturated rings. The topological polar surface area (TPSA) is 88.5 Å². The molecule has 0 aromatic carbocycles. The predicted octanol–water partition coefficient (Wildman–Crippen LogP) is 1.75. The Morgan fingerprint density at radius 1 is 1.59 bits per heavy atom. The molecule has 0 spiro atoms. The van der Waals surface area contributed by atoms with Crippen molar-refractivity contribution < 1.29 is 19.4 Å². The van der Waals surface area contributed by atoms with Gasteiger partial charge in [0.15, 0.2) is 0 Å². The molecule has 0 unspecified atom stereocenters. The number of aromatic nitrogens is 1. The number of carbonyl (C=O) groups is 2. The minimum Gasteiger partial charge on any atom is -0.478 e. The summed E-state index contributed by atoms with van der Waals surface area (Å²) in [6.45, 7) is 1.96. The van der Waals surface area contributed by atoms with Crippen LogP contribution in [0.3, 0.4) is 0 Å². The fourth-order valence-corrected chi connectivity index (χ4v) is 1.06. The largest absolute Gasteiger partial charge is 0.478 e. The van der Waals surface area contributed by atoms with Crippen molar-refractivity contribution in [2.45, 2.75) is 6.92 Å². The maximum absolute atomic E-state index is 11.1. The van der Waals surface area contributed by atoms with E-state index in [1.165, 1.54) is 18.3 Å². The fourth-order valence-electron chi connectivity index (χ4n) is 1.06. The van der Waals surface area contributed by atoms with Crippen molar-refractivity contribution in [3.8, 4) is 0 Å². The van der Waals surface area contributed by atoms with E-state index in [0.29, 0.717) is 11.4 Å². The van der Waals surface area contributed by atoms with Gasteiger partial charge in [0.25, 0.3) is 0 Å². The first kappa shape index (κ1) is 12.7. The number of aliphatic carboxylic acids is 1. The van der Waals surface area contributed by atoms with E-state index < -0.39 is 12.1 Å². The van der Waals surface area contributed by atoms with E-state index in [1.807, 2.05) is 0 Å². The van der Waals surface area contributed by atoms with Gasteiger partial charge in [-0.1, -0.05) is 0 Å². The van der Waals surface area contributed by atoms with Crippen LogP contribution in [0.2, 0.25) is 0 Å². The lowest BCUT2D eigenvalue weighted by atomic mass is 10.2. The van der Waals surface area contributed by atoms with Gasteiger partial charge in [0.1, 0.15) is 5.82 Å². The van der Waals surface area contributed by atoms with E-state index in [4.69, 9.17) is 5.11 Å². The quantitative estimate of drug-likeness (QED) is 0.777. The molecule has 2 N–H and O–H groups in total. The van der Waals surface area contributed by atoms with Crippen LogP contribution in [0.4, 0.5) is 10.6 Å². The van der Waals surface area contributed by atoms with Crippen molar-refractivity contribution in [1.29, 1.82) is 0 Å². The number of carboxylic acids is 1. The van der Waals surface area contributed by atoms with Crippen LogP contribution in [0.1, 0.15) is 12.5 Å². The number of carbonyl (C=O) groups excluding carboxylic acids is 1. The third-order valence-electron chi connectivity index (χ3n) is 1.71. The molecule has 0 saturated heterocycles. The monoisotopic (exact) mass is 236 g/mol. The molecule has 90 valence electrons. The molecular formula is C11H12N2O4. The van der Waals surface area contributed by atoms with Crippen LogP contribution in [0, 0.1) is 0 Å². The van der Waals surface area contributed by atoms with E-state index in [1.54, 1.807) is 13.0 Å². The van der Waals surface area contributed by atoms with Gasteiger partial charge in [0, 0.05) is 12.3 Å². The second kappa shape index (κ2) is 6.26. The summed E-state index contributed by atoms with van der Waals surface area (Å²) >= 11 is 0. The Bertz CT molecular complexity index is 443. The first-order valence-corrected chi connectivity index (χ1v) is 4.92. The highest BCUT2D eigenvalue weighted by Crippen LogP contribution is 2.08. The van der Waals surface area contributed by atoms with E-state index in [2.05, 4.69) is 15.0 Å². The van der Waals surface area contributed by atoms with Crippen LogP contribution in [0.15, 0.2) is 24.4 Å². The highest BCUT2D eigenvalue weighted by molar-refractivity contribution is 5.86. The molecule has 1 heterocycles. The summed E-state index contributed by atoms with van der Waals surface area (Å²) in [6, 6.07) is 3.16. The number of rotatable bonds is 4. The first-order valence-electron chi connectivity index (χ1n) is 4.92. The molecule has 1 rings (SSSR count). The standard InChI is InChI=1S/C11H12N2O4/c1-2-17-11(16)13-9-7-8(5-6-12-9)3-4-10(14)15/h3-7H,2H2,1H3,(H,14,15)(H,12,13,16)/b4-3+. The van der Waals surface area contributed by atoms with Gasteiger partial charge in [-0.25, -0.2) is 14.6 Å². The SMILES string of the molecule is CCOC(=O)Nc1cc(/C=C/C(=O)O)ccn1. The Hall–Kier alpha value is -2.37. The minimum absolute atomic E-state index is 0.268. The van der Waals surface area contributed by atoms with E-state index >= 15 is 0 Å². The number of anilines is 1. The number of pyridine rings is 1. The van der Waals surface area contributed by atoms with Crippen molar-refractivity contribution in [2.75, 3.05) is 11.9 Å². The molecule has 1 aromatic heterocycles. The molecule has 0 aliphatic heterocycles. The molecule has 17 heavy (non-hydrogen) atoms. The molecule has 0 aliphatic rings. The molecule has 1 aromatic rings. The number of ether oxygens (including phenoxy) is 1. The molecule has 0 aliphatic carbocycles. The summed E-state index contributed by atoms with van der Waals surface area (Å²) in [6.07, 6.45) is 3.27. The number of nitrogens with one attached hydrogen (secondary N) is 1. The first-order chi connectivity index (χ1) is 8.11. The molecule has 6 nitrogen and oxygen atoms in total. The van der Waals surface area contributed by atoms with E-state index in [-0.39, 0.29) is 6.61 Å². The van der Waals surface area contributed by atoms with Gasteiger partial charge >= 0.3 is 12.1 Å². The zero-order valence-electron chi connectivity index (χ0n) is 9.21. The maximum Gasteiger partial charge on any atom is 0.412 e. The van der Waals surface area contributed by atoms with Crippen molar-refractivity contribution in [1.82, 2.24) is 4.98 Å². The molecule has 0 bridgehead atoms. The Kier molecular flexibility index (Phi) is 4.68. The smallest absolute Gasteiger partial charge is 0.412 e. The minimum atomic E-state index is -1.04. The highest BCUT2D eigenvalue weighted by Gasteiger charge is 2.02. The van der Waals surface area contributed by atoms with Crippen molar-refractivity contribution in [3.05, 3.63) is 30.0 Å². The molecule has 6 heteroatoms. The Morgan fingerprint density at radius 2 is 2.35 bits per heavy atom. The van der Waals surface area contributed by atoms with Crippen molar-refractivity contribution in [2.24, 2.45) is 0 Å². The van der Waals surface area contributed by atoms with Gasteiger partial charge in [-0.3, -0.25) is 5.32 Å². The Morgan fingerprint density at radius 3 is 3.00 bits per heavy atom. The Labute approximate surface area is 97.9 Å². The van der Waals surface area contributed by atoms with Crippen LogP contribution in [0.5, 0.6) is 0 Å². The second-order valence-corrected chi connectivity index (χ2v) is 2.99. The second-order valence-electron chi connectivity index (χ2n) is 2.99. The predicted molar refractivity (Wildman–Crippen MR) is 61.6 cm³/mol. The maximum atomic E-state index is 11.1. The molecular weight excluding hydrogens is 224 g/mol. The van der Waals surface area contributed by atoms with Crippen LogP contribution in [-0.2, 0) is 9.53 Å². The summed E-state index contributed by atoms with van der Waals surface area (Å²) in [4.78, 5) is 25.3. The fraction of sp³-hybridized carbons (Fsp3) is 0.182. The summed E-state index contributed by atoms with van der Waals surface area (Å²) in [5, 5.41) is 10.9. The van der Waals surface area contributed by atoms with Crippen LogP contribution >= 0.6 is 0 Å². The van der Waals surface area contributed by atoms with Crippen LogP contribution in [0.25, 0.3) is 6.08 Å². The zero-order valence-corrected chi connectivity index (χ0v) is 9.21. The lowest BCUT2D eigenvalue weighted by Crippen LogP contribution is -2.14. The van der Waals surface area contributed by atoms with Gasteiger partial charge in [-0.2, -0.15) is 0 Å². The van der Waals surface area contributed by atoms with Crippen LogP contribution < -0.4 is 5.32 Å². The molecule has 0 saturated carbocycles. The van der Waals surface area contributed by atoms with Gasteiger partial charge in [0.05, 0.1) is 6.61 Å². The van der Waals surface area contributed by atoms with Gasteiger partial charge in [-0.05, 0) is 30.7 Å². The van der Waals surface area contributed by atoms with E-state index in [0.717, 1.165) is 6.08 Å². The van der Waals surface area contributed by atoms with E-state index in [9.17, 15) is 9.59 Å². The third-order valence-corrected chi connectivity index (χ3v) is 1.71. The molecule has 0 radical (unpaired) electrons. The number of amides is 1.